The number of nitrogens with zero attached hydrogens (tertiary/aromatic N) is 2. The lowest BCUT2D eigenvalue weighted by Gasteiger charge is -2.65. The number of hydrogen-bond donors (Lipinski definition) is 0. The van der Waals surface area contributed by atoms with E-state index in [2.05, 4.69) is 30.6 Å². The fraction of sp³-hybridized carbons (Fsp3) is 0.947. The summed E-state index contributed by atoms with van der Waals surface area (Å²) in [7, 11) is 0. The molecule has 2 atom stereocenters. The lowest BCUT2D eigenvalue weighted by Crippen LogP contribution is -2.62. The number of amides is 1. The second-order valence-electron chi connectivity index (χ2n) is 9.64. The van der Waals surface area contributed by atoms with Crippen LogP contribution in [0.15, 0.2) is 0 Å². The van der Waals surface area contributed by atoms with Crippen molar-refractivity contribution in [3.63, 3.8) is 0 Å². The first-order valence-corrected chi connectivity index (χ1v) is 9.37. The minimum absolute atomic E-state index is 0.00268. The molecule has 0 radical (unpaired) electrons. The van der Waals surface area contributed by atoms with E-state index in [4.69, 9.17) is 0 Å². The number of piperazine rings is 1. The van der Waals surface area contributed by atoms with Crippen molar-refractivity contribution in [2.24, 2.45) is 22.2 Å². The van der Waals surface area contributed by atoms with E-state index in [0.717, 1.165) is 38.6 Å². The molecule has 4 aliphatic carbocycles. The van der Waals surface area contributed by atoms with Crippen molar-refractivity contribution >= 4 is 5.91 Å². The summed E-state index contributed by atoms with van der Waals surface area (Å²) in [6.07, 6.45) is 7.63. The van der Waals surface area contributed by atoms with E-state index >= 15 is 0 Å². The maximum absolute atomic E-state index is 13.4. The monoisotopic (exact) mass is 304 g/mol. The molecule has 0 unspecified atom stereocenters. The fourth-order valence-corrected chi connectivity index (χ4v) is 7.29. The number of carbonyl (C=O) groups excluding carboxylic acids is 1. The first kappa shape index (κ1) is 15.0. The molecule has 1 aliphatic heterocycles. The molecule has 0 N–H and O–H groups in total. The molecule has 0 aromatic heterocycles. The summed E-state index contributed by atoms with van der Waals surface area (Å²) in [6, 6.07) is 0. The minimum atomic E-state index is -0.00268. The van der Waals surface area contributed by atoms with Crippen LogP contribution in [0, 0.1) is 22.2 Å². The minimum Gasteiger partial charge on any atom is -0.340 e. The average Bonchev–Trinajstić information content (AvgIpc) is 2.43. The molecule has 1 amide bonds. The molecule has 0 spiro atoms. The van der Waals surface area contributed by atoms with E-state index in [1.807, 2.05) is 0 Å². The van der Waals surface area contributed by atoms with Gasteiger partial charge in [0.15, 0.2) is 0 Å². The van der Waals surface area contributed by atoms with Crippen molar-refractivity contribution < 1.29 is 4.79 Å². The SMILES string of the molecule is CCN1CCN(C(=O)C23CC4C[C@@](C)(C2)C[C@@](C)(C4)C3)CC1. The lowest BCUT2D eigenvalue weighted by molar-refractivity contribution is -0.180. The van der Waals surface area contributed by atoms with Crippen LogP contribution in [0.2, 0.25) is 0 Å². The smallest absolute Gasteiger partial charge is 0.228 e. The molecule has 0 aromatic rings. The Labute approximate surface area is 135 Å². The predicted molar refractivity (Wildman–Crippen MR) is 88.5 cm³/mol. The fourth-order valence-electron chi connectivity index (χ4n) is 7.29. The number of likely N-dealkylation sites (N-methyl/N-ethyl adjacent to an activating group) is 1. The van der Waals surface area contributed by atoms with Gasteiger partial charge < -0.3 is 9.80 Å². The summed E-state index contributed by atoms with van der Waals surface area (Å²) in [5.74, 6) is 1.33. The molecular formula is C19H32N2O. The molecule has 3 nitrogen and oxygen atoms in total. The maximum Gasteiger partial charge on any atom is 0.228 e. The standard InChI is InChI=1S/C19H32N2O/c1-4-20-5-7-21(8-6-20)16(22)19-11-15-9-17(2,13-19)12-18(3,10-15)14-19/h15H,4-14H2,1-3H3/t15?,17-,18-,19?/m1/s1. The second-order valence-corrected chi connectivity index (χ2v) is 9.64. The van der Waals surface area contributed by atoms with E-state index < -0.39 is 0 Å². The van der Waals surface area contributed by atoms with Crippen LogP contribution in [0.5, 0.6) is 0 Å². The van der Waals surface area contributed by atoms with Gasteiger partial charge in [-0.15, -0.1) is 0 Å². The van der Waals surface area contributed by atoms with Gasteiger partial charge in [0.2, 0.25) is 5.91 Å². The zero-order valence-corrected chi connectivity index (χ0v) is 14.7. The highest BCUT2D eigenvalue weighted by Gasteiger charge is 2.63. The molecule has 1 heterocycles. The Morgan fingerprint density at radius 2 is 1.55 bits per heavy atom. The first-order chi connectivity index (χ1) is 10.4. The van der Waals surface area contributed by atoms with Gasteiger partial charge in [-0.3, -0.25) is 4.79 Å². The van der Waals surface area contributed by atoms with Gasteiger partial charge >= 0.3 is 0 Å². The molecule has 4 saturated carbocycles. The van der Waals surface area contributed by atoms with Crippen LogP contribution in [-0.2, 0) is 4.79 Å². The summed E-state index contributed by atoms with van der Waals surface area (Å²) < 4.78 is 0. The van der Waals surface area contributed by atoms with Crippen LogP contribution in [0.4, 0.5) is 0 Å². The molecule has 1 saturated heterocycles. The molecule has 22 heavy (non-hydrogen) atoms. The van der Waals surface area contributed by atoms with Crippen molar-refractivity contribution in [3.8, 4) is 0 Å². The third-order valence-corrected chi connectivity index (χ3v) is 7.19. The molecule has 3 heteroatoms. The summed E-state index contributed by atoms with van der Waals surface area (Å²) >= 11 is 0. The van der Waals surface area contributed by atoms with Crippen molar-refractivity contribution in [1.82, 2.24) is 9.80 Å². The quantitative estimate of drug-likeness (QED) is 0.782. The van der Waals surface area contributed by atoms with Gasteiger partial charge in [-0.2, -0.15) is 0 Å². The van der Waals surface area contributed by atoms with Gasteiger partial charge in [-0.25, -0.2) is 0 Å². The van der Waals surface area contributed by atoms with Gasteiger partial charge in [0.25, 0.3) is 0 Å². The molecule has 5 fully saturated rings. The summed E-state index contributed by atoms with van der Waals surface area (Å²) in [4.78, 5) is 18.1. The number of rotatable bonds is 2. The highest BCUT2D eigenvalue weighted by molar-refractivity contribution is 5.83. The summed E-state index contributed by atoms with van der Waals surface area (Å²) in [6.45, 7) is 12.3. The van der Waals surface area contributed by atoms with Crippen molar-refractivity contribution in [1.29, 1.82) is 0 Å². The van der Waals surface area contributed by atoms with Gasteiger partial charge in [0.05, 0.1) is 5.41 Å². The first-order valence-electron chi connectivity index (χ1n) is 9.37. The van der Waals surface area contributed by atoms with Crippen molar-refractivity contribution in [2.45, 2.75) is 59.3 Å². The molecule has 124 valence electrons. The second kappa shape index (κ2) is 4.72. The Balaban J connectivity index is 1.55. The third kappa shape index (κ3) is 2.23. The average molecular weight is 304 g/mol. The Morgan fingerprint density at radius 3 is 2.05 bits per heavy atom. The number of hydrogen-bond acceptors (Lipinski definition) is 2. The van der Waals surface area contributed by atoms with Gasteiger partial charge in [0.1, 0.15) is 0 Å². The van der Waals surface area contributed by atoms with Crippen LogP contribution in [-0.4, -0.2) is 48.4 Å². The largest absolute Gasteiger partial charge is 0.340 e. The predicted octanol–water partition coefficient (Wildman–Crippen LogP) is 3.15. The molecule has 4 bridgehead atoms. The highest BCUT2D eigenvalue weighted by atomic mass is 16.2. The van der Waals surface area contributed by atoms with E-state index in [1.165, 1.54) is 38.5 Å². The maximum atomic E-state index is 13.4. The van der Waals surface area contributed by atoms with Crippen molar-refractivity contribution in [2.75, 3.05) is 32.7 Å². The Bertz CT molecular complexity index is 462. The Kier molecular flexibility index (Phi) is 3.21. The number of carbonyl (C=O) groups is 1. The van der Waals surface area contributed by atoms with Crippen LogP contribution >= 0.6 is 0 Å². The summed E-state index contributed by atoms with van der Waals surface area (Å²) in [5.41, 5.74) is 0.876. The molecule has 5 aliphatic rings. The molecule has 5 rings (SSSR count). The van der Waals surface area contributed by atoms with Gasteiger partial charge in [0, 0.05) is 26.2 Å². The van der Waals surface area contributed by atoms with E-state index in [0.29, 0.717) is 16.7 Å². The van der Waals surface area contributed by atoms with E-state index in [-0.39, 0.29) is 5.41 Å². The highest BCUT2D eigenvalue weighted by Crippen LogP contribution is 2.69. The van der Waals surface area contributed by atoms with Crippen LogP contribution in [0.3, 0.4) is 0 Å². The lowest BCUT2D eigenvalue weighted by atomic mass is 9.40. The van der Waals surface area contributed by atoms with Gasteiger partial charge in [-0.1, -0.05) is 20.8 Å². The van der Waals surface area contributed by atoms with Crippen molar-refractivity contribution in [3.05, 3.63) is 0 Å². The Hall–Kier alpha value is -0.570. The summed E-state index contributed by atoms with van der Waals surface area (Å²) in [5, 5.41) is 0. The van der Waals surface area contributed by atoms with E-state index in [1.54, 1.807) is 0 Å². The zero-order chi connectivity index (χ0) is 15.6. The Morgan fingerprint density at radius 1 is 0.955 bits per heavy atom. The van der Waals surface area contributed by atoms with Gasteiger partial charge in [-0.05, 0) is 61.8 Å². The topological polar surface area (TPSA) is 23.6 Å². The normalized spacial score (nSPS) is 48.0. The zero-order valence-electron chi connectivity index (χ0n) is 14.7. The molecule has 0 aromatic carbocycles. The van der Waals surface area contributed by atoms with Crippen LogP contribution < -0.4 is 0 Å². The molecular weight excluding hydrogens is 272 g/mol. The van der Waals surface area contributed by atoms with Crippen LogP contribution in [0.25, 0.3) is 0 Å². The third-order valence-electron chi connectivity index (χ3n) is 7.19. The van der Waals surface area contributed by atoms with E-state index in [9.17, 15) is 4.79 Å². The van der Waals surface area contributed by atoms with Crippen LogP contribution in [0.1, 0.15) is 59.3 Å².